The van der Waals surface area contributed by atoms with E-state index in [1.54, 1.807) is 24.3 Å². The van der Waals surface area contributed by atoms with Crippen molar-refractivity contribution in [1.29, 1.82) is 0 Å². The first-order chi connectivity index (χ1) is 18.1. The minimum atomic E-state index is -3.71. The average molecular weight is 544 g/mol. The number of hydrogen-bond acceptors (Lipinski definition) is 8. The Morgan fingerprint density at radius 3 is 2.61 bits per heavy atom. The van der Waals surface area contributed by atoms with Gasteiger partial charge in [-0.25, -0.2) is 17.6 Å². The first-order valence-electron chi connectivity index (χ1n) is 12.0. The Balaban J connectivity index is 1.54. The van der Waals surface area contributed by atoms with Crippen molar-refractivity contribution in [3.05, 3.63) is 65.1 Å². The van der Waals surface area contributed by atoms with E-state index in [0.29, 0.717) is 22.2 Å². The topological polar surface area (TPSA) is 115 Å². The summed E-state index contributed by atoms with van der Waals surface area (Å²) in [6.45, 7) is -0.300. The molecule has 1 aromatic heterocycles. The van der Waals surface area contributed by atoms with Gasteiger partial charge in [-0.2, -0.15) is 0 Å². The molecule has 2 aromatic carbocycles. The van der Waals surface area contributed by atoms with E-state index in [1.807, 2.05) is 0 Å². The van der Waals surface area contributed by atoms with Gasteiger partial charge in [0.1, 0.15) is 17.4 Å². The number of hydrogen-bond donors (Lipinski definition) is 0. The molecule has 0 atom stereocenters. The van der Waals surface area contributed by atoms with Gasteiger partial charge >= 0.3 is 6.16 Å². The van der Waals surface area contributed by atoms with Gasteiger partial charge in [0.25, 0.3) is 5.91 Å². The van der Waals surface area contributed by atoms with E-state index in [0.717, 1.165) is 29.8 Å². The van der Waals surface area contributed by atoms with Crippen LogP contribution in [0.1, 0.15) is 40.7 Å². The van der Waals surface area contributed by atoms with Crippen molar-refractivity contribution in [2.45, 2.75) is 38.5 Å². The summed E-state index contributed by atoms with van der Waals surface area (Å²) in [6, 6.07) is 9.10. The zero-order valence-corrected chi connectivity index (χ0v) is 21.7. The predicted octanol–water partition coefficient (Wildman–Crippen LogP) is 3.97. The summed E-state index contributed by atoms with van der Waals surface area (Å²) in [5.41, 5.74) is 1.79. The van der Waals surface area contributed by atoms with E-state index >= 15 is 0 Å². The summed E-state index contributed by atoms with van der Waals surface area (Å²) < 4.78 is 55.8. The minimum Gasteiger partial charge on any atom is -0.454 e. The maximum Gasteiger partial charge on any atom is 0.511 e. The fourth-order valence-electron chi connectivity index (χ4n) is 4.51. The lowest BCUT2D eigenvalue weighted by molar-refractivity contribution is -0.0325. The summed E-state index contributed by atoms with van der Waals surface area (Å²) in [5, 5.41) is 0.447. The van der Waals surface area contributed by atoms with E-state index in [2.05, 4.69) is 4.98 Å². The highest BCUT2D eigenvalue weighted by molar-refractivity contribution is 7.92. The highest BCUT2D eigenvalue weighted by Crippen LogP contribution is 2.45. The first kappa shape index (κ1) is 25.7. The van der Waals surface area contributed by atoms with Crippen LogP contribution in [0.25, 0.3) is 10.9 Å². The third kappa shape index (κ3) is 4.95. The zero-order chi connectivity index (χ0) is 27.0. The molecule has 0 radical (unpaired) electrons. The van der Waals surface area contributed by atoms with E-state index in [4.69, 9.17) is 14.2 Å². The van der Waals surface area contributed by atoms with Crippen molar-refractivity contribution in [2.75, 3.05) is 24.4 Å². The van der Waals surface area contributed by atoms with Crippen molar-refractivity contribution in [2.24, 2.45) is 0 Å². The molecule has 12 heteroatoms. The molecule has 1 fully saturated rings. The third-order valence-corrected chi connectivity index (χ3v) is 7.91. The first-order valence-corrected chi connectivity index (χ1v) is 13.9. The van der Waals surface area contributed by atoms with E-state index in [-0.39, 0.29) is 36.0 Å². The molecule has 200 valence electrons. The number of sulfonamides is 1. The molecule has 0 saturated heterocycles. The Labute approximate surface area is 219 Å². The molecule has 3 aromatic rings. The summed E-state index contributed by atoms with van der Waals surface area (Å²) in [4.78, 5) is 31.6. The molecule has 0 unspecified atom stereocenters. The van der Waals surface area contributed by atoms with Gasteiger partial charge in [0, 0.05) is 37.3 Å². The lowest BCUT2D eigenvalue weighted by Crippen LogP contribution is -2.27. The highest BCUT2D eigenvalue weighted by Gasteiger charge is 2.38. The zero-order valence-electron chi connectivity index (χ0n) is 20.8. The van der Waals surface area contributed by atoms with Crippen LogP contribution in [0, 0.1) is 5.82 Å². The molecular weight excluding hydrogens is 517 g/mol. The standard InChI is InChI=1S/C26H26FN3O7S/c1-29(38(2,33)34)23-19-7-4-12-28-22(19)24(35-15-36-26(32)37-18-5-3-6-18)21-20(23)14-30(25(21)31)13-16-8-10-17(27)11-9-16/h4,7-12,18H,3,5-6,13-15H2,1-2H3. The molecule has 1 saturated carbocycles. The van der Waals surface area contributed by atoms with Gasteiger partial charge < -0.3 is 19.1 Å². The normalized spacial score (nSPS) is 15.2. The molecule has 1 aliphatic heterocycles. The van der Waals surface area contributed by atoms with Gasteiger partial charge in [-0.15, -0.1) is 0 Å². The van der Waals surface area contributed by atoms with Crippen LogP contribution in [0.2, 0.25) is 0 Å². The van der Waals surface area contributed by atoms with Gasteiger partial charge in [-0.05, 0) is 49.1 Å². The van der Waals surface area contributed by atoms with E-state index < -0.39 is 34.7 Å². The second kappa shape index (κ2) is 10.1. The molecule has 5 rings (SSSR count). The Hall–Kier alpha value is -3.93. The SMILES string of the molecule is CN(c1c2c(c(OCOC(=O)OC3CCC3)c3ncccc13)C(=O)N(Cc1ccc(F)cc1)C2)S(C)(=O)=O. The fraction of sp³-hybridized carbons (Fsp3) is 0.346. The monoisotopic (exact) mass is 543 g/mol. The maximum atomic E-state index is 13.7. The minimum absolute atomic E-state index is 0.0734. The molecule has 38 heavy (non-hydrogen) atoms. The number of carbonyl (C=O) groups excluding carboxylic acids is 2. The van der Waals surface area contributed by atoms with Crippen molar-refractivity contribution in [3.63, 3.8) is 0 Å². The van der Waals surface area contributed by atoms with E-state index in [1.165, 1.54) is 30.3 Å². The Morgan fingerprint density at radius 2 is 1.95 bits per heavy atom. The quantitative estimate of drug-likeness (QED) is 0.310. The van der Waals surface area contributed by atoms with Gasteiger partial charge in [-0.3, -0.25) is 14.1 Å². The van der Waals surface area contributed by atoms with Crippen LogP contribution in [0.3, 0.4) is 0 Å². The second-order valence-corrected chi connectivity index (χ2v) is 11.3. The van der Waals surface area contributed by atoms with Crippen molar-refractivity contribution in [3.8, 4) is 5.75 Å². The Kier molecular flexibility index (Phi) is 6.82. The van der Waals surface area contributed by atoms with Crippen LogP contribution < -0.4 is 9.04 Å². The third-order valence-electron chi connectivity index (χ3n) is 6.74. The molecule has 2 aliphatic rings. The molecule has 0 bridgehead atoms. The number of carbonyl (C=O) groups is 2. The fourth-order valence-corrected chi connectivity index (χ4v) is 5.05. The summed E-state index contributed by atoms with van der Waals surface area (Å²) in [6.07, 6.45) is 4.08. The Bertz CT molecular complexity index is 1510. The molecule has 2 heterocycles. The predicted molar refractivity (Wildman–Crippen MR) is 136 cm³/mol. The largest absolute Gasteiger partial charge is 0.511 e. The van der Waals surface area contributed by atoms with Crippen LogP contribution in [-0.4, -0.2) is 56.6 Å². The number of rotatable bonds is 8. The highest BCUT2D eigenvalue weighted by atomic mass is 32.2. The van der Waals surface area contributed by atoms with Gasteiger partial charge in [-0.1, -0.05) is 12.1 Å². The molecule has 10 nitrogen and oxygen atoms in total. The number of fused-ring (bicyclic) bond motifs is 2. The number of pyridine rings is 1. The van der Waals surface area contributed by atoms with Crippen LogP contribution in [0.4, 0.5) is 14.9 Å². The number of benzene rings is 2. The van der Waals surface area contributed by atoms with Crippen molar-refractivity contribution < 1.29 is 36.6 Å². The molecule has 0 N–H and O–H groups in total. The van der Waals surface area contributed by atoms with Gasteiger partial charge in [0.15, 0.2) is 5.75 Å². The van der Waals surface area contributed by atoms with Gasteiger partial charge in [0.05, 0.1) is 17.5 Å². The van der Waals surface area contributed by atoms with Crippen LogP contribution >= 0.6 is 0 Å². The van der Waals surface area contributed by atoms with E-state index in [9.17, 15) is 22.4 Å². The summed E-state index contributed by atoms with van der Waals surface area (Å²) in [7, 11) is -2.30. The number of ether oxygens (including phenoxy) is 3. The number of anilines is 1. The van der Waals surface area contributed by atoms with Crippen LogP contribution in [0.15, 0.2) is 42.6 Å². The maximum absolute atomic E-state index is 13.7. The van der Waals surface area contributed by atoms with Crippen molar-refractivity contribution >= 4 is 38.7 Å². The molecule has 1 amide bonds. The lowest BCUT2D eigenvalue weighted by atomic mass is 9.96. The number of nitrogens with zero attached hydrogens (tertiary/aromatic N) is 3. The number of aromatic nitrogens is 1. The molecule has 0 spiro atoms. The number of amides is 1. The van der Waals surface area contributed by atoms with Gasteiger partial charge in [0.2, 0.25) is 16.8 Å². The number of halogens is 1. The lowest BCUT2D eigenvalue weighted by Gasteiger charge is -2.25. The molecular formula is C26H26FN3O7S. The van der Waals surface area contributed by atoms with Crippen LogP contribution in [0.5, 0.6) is 5.75 Å². The van der Waals surface area contributed by atoms with Crippen molar-refractivity contribution in [1.82, 2.24) is 9.88 Å². The second-order valence-electron chi connectivity index (χ2n) is 9.28. The smallest absolute Gasteiger partial charge is 0.454 e. The Morgan fingerprint density at radius 1 is 1.21 bits per heavy atom. The average Bonchev–Trinajstić information content (AvgIpc) is 3.17. The van der Waals surface area contributed by atoms with Crippen LogP contribution in [-0.2, 0) is 32.6 Å². The molecule has 1 aliphatic carbocycles. The summed E-state index contributed by atoms with van der Waals surface area (Å²) in [5.74, 6) is -0.748. The summed E-state index contributed by atoms with van der Waals surface area (Å²) >= 11 is 0.